The van der Waals surface area contributed by atoms with E-state index in [4.69, 9.17) is 0 Å². The molecule has 1 aromatic carbocycles. The van der Waals surface area contributed by atoms with Crippen LogP contribution in [-0.2, 0) is 6.61 Å². The van der Waals surface area contributed by atoms with Gasteiger partial charge in [0.1, 0.15) is 5.69 Å². The molecule has 0 radical (unpaired) electrons. The van der Waals surface area contributed by atoms with E-state index in [1.807, 2.05) is 28.9 Å². The summed E-state index contributed by atoms with van der Waals surface area (Å²) in [4.78, 5) is 0. The summed E-state index contributed by atoms with van der Waals surface area (Å²) in [6.45, 7) is -0.0418. The molecule has 0 saturated heterocycles. The number of aliphatic hydroxyl groups is 1. The van der Waals surface area contributed by atoms with E-state index >= 15 is 0 Å². The van der Waals surface area contributed by atoms with Crippen LogP contribution in [0.4, 0.5) is 0 Å². The number of hydrogen-bond donors (Lipinski definition) is 1. The normalized spacial score (nSPS) is 15.2. The molecule has 1 saturated carbocycles. The lowest BCUT2D eigenvalue weighted by atomic mass is 10.2. The van der Waals surface area contributed by atoms with Gasteiger partial charge in [0.15, 0.2) is 0 Å². The van der Waals surface area contributed by atoms with Crippen molar-refractivity contribution in [3.63, 3.8) is 0 Å². The predicted molar refractivity (Wildman–Crippen MR) is 67.0 cm³/mol. The first-order chi connectivity index (χ1) is 8.29. The molecule has 5 heteroatoms. The minimum absolute atomic E-state index is 0.0418. The van der Waals surface area contributed by atoms with Crippen molar-refractivity contribution in [2.45, 2.75) is 25.4 Å². The van der Waals surface area contributed by atoms with Crippen LogP contribution >= 0.6 is 15.9 Å². The number of aromatic nitrogens is 3. The highest BCUT2D eigenvalue weighted by molar-refractivity contribution is 9.10. The van der Waals surface area contributed by atoms with Gasteiger partial charge >= 0.3 is 0 Å². The van der Waals surface area contributed by atoms with Gasteiger partial charge in [0, 0.05) is 10.4 Å². The fourth-order valence-electron chi connectivity index (χ4n) is 2.00. The summed E-state index contributed by atoms with van der Waals surface area (Å²) >= 11 is 3.45. The summed E-state index contributed by atoms with van der Waals surface area (Å²) in [7, 11) is 0. The number of nitrogens with zero attached hydrogens (tertiary/aromatic N) is 3. The molecule has 0 atom stereocenters. The Hall–Kier alpha value is -1.20. The van der Waals surface area contributed by atoms with E-state index in [0.29, 0.717) is 11.6 Å². The molecular weight excluding hydrogens is 282 g/mol. The second-order valence-electron chi connectivity index (χ2n) is 4.25. The molecule has 3 rings (SSSR count). The first-order valence-corrected chi connectivity index (χ1v) is 6.40. The van der Waals surface area contributed by atoms with Gasteiger partial charge in [0.25, 0.3) is 0 Å². The minimum atomic E-state index is -0.0418. The molecule has 0 amide bonds. The van der Waals surface area contributed by atoms with Gasteiger partial charge in [-0.05, 0) is 31.0 Å². The summed E-state index contributed by atoms with van der Waals surface area (Å²) in [5, 5.41) is 17.5. The molecule has 4 nitrogen and oxygen atoms in total. The molecule has 2 aromatic rings. The average Bonchev–Trinajstić information content (AvgIpc) is 3.08. The highest BCUT2D eigenvalue weighted by Crippen LogP contribution is 2.42. The van der Waals surface area contributed by atoms with E-state index in [0.717, 1.165) is 28.7 Å². The van der Waals surface area contributed by atoms with Gasteiger partial charge in [-0.1, -0.05) is 27.2 Å². The van der Waals surface area contributed by atoms with Crippen LogP contribution < -0.4 is 0 Å². The van der Waals surface area contributed by atoms with Crippen molar-refractivity contribution < 1.29 is 5.11 Å². The molecule has 0 spiro atoms. The molecule has 1 N–H and O–H groups in total. The van der Waals surface area contributed by atoms with Crippen LogP contribution in [0.3, 0.4) is 0 Å². The van der Waals surface area contributed by atoms with E-state index in [1.54, 1.807) is 0 Å². The summed E-state index contributed by atoms with van der Waals surface area (Å²) in [6.07, 6.45) is 2.32. The third kappa shape index (κ3) is 2.00. The summed E-state index contributed by atoms with van der Waals surface area (Å²) in [6, 6.07) is 7.94. The summed E-state index contributed by atoms with van der Waals surface area (Å²) in [5.41, 5.74) is 2.74. The number of halogens is 1. The highest BCUT2D eigenvalue weighted by atomic mass is 79.9. The standard InChI is InChI=1S/C12H12BrN3O/c13-9-2-1-3-10(6-9)16-12(8-4-5-8)11(7-17)14-15-16/h1-3,6,8,17H,4-5,7H2. The van der Waals surface area contributed by atoms with Crippen molar-refractivity contribution in [1.29, 1.82) is 0 Å². The van der Waals surface area contributed by atoms with Crippen LogP contribution in [0.2, 0.25) is 0 Å². The lowest BCUT2D eigenvalue weighted by Gasteiger charge is -2.06. The second kappa shape index (κ2) is 4.23. The molecule has 0 bridgehead atoms. The van der Waals surface area contributed by atoms with Crippen molar-refractivity contribution in [2.75, 3.05) is 0 Å². The topological polar surface area (TPSA) is 50.9 Å². The molecule has 1 heterocycles. The molecule has 1 aliphatic rings. The fourth-order valence-corrected chi connectivity index (χ4v) is 2.38. The Bertz CT molecular complexity index is 548. The van der Waals surface area contributed by atoms with Gasteiger partial charge in [-0.25, -0.2) is 4.68 Å². The van der Waals surface area contributed by atoms with Crippen LogP contribution in [-0.4, -0.2) is 20.1 Å². The van der Waals surface area contributed by atoms with Crippen molar-refractivity contribution in [3.05, 3.63) is 40.1 Å². The Morgan fingerprint density at radius 2 is 2.24 bits per heavy atom. The van der Waals surface area contributed by atoms with Crippen LogP contribution in [0, 0.1) is 0 Å². The summed E-state index contributed by atoms with van der Waals surface area (Å²) < 4.78 is 2.85. The SMILES string of the molecule is OCc1nnn(-c2cccc(Br)c2)c1C1CC1. The Morgan fingerprint density at radius 1 is 1.41 bits per heavy atom. The molecule has 88 valence electrons. The van der Waals surface area contributed by atoms with E-state index in [1.165, 1.54) is 0 Å². The van der Waals surface area contributed by atoms with E-state index in [9.17, 15) is 5.11 Å². The molecule has 1 fully saturated rings. The Labute approximate surface area is 107 Å². The zero-order chi connectivity index (χ0) is 11.8. The van der Waals surface area contributed by atoms with Crippen molar-refractivity contribution in [2.24, 2.45) is 0 Å². The van der Waals surface area contributed by atoms with Crippen LogP contribution in [0.1, 0.15) is 30.1 Å². The summed E-state index contributed by atoms with van der Waals surface area (Å²) in [5.74, 6) is 0.506. The number of hydrogen-bond acceptors (Lipinski definition) is 3. The van der Waals surface area contributed by atoms with Crippen molar-refractivity contribution in [3.8, 4) is 5.69 Å². The third-order valence-electron chi connectivity index (χ3n) is 2.95. The fraction of sp³-hybridized carbons (Fsp3) is 0.333. The Balaban J connectivity index is 2.11. The monoisotopic (exact) mass is 293 g/mol. The van der Waals surface area contributed by atoms with Crippen LogP contribution in [0.5, 0.6) is 0 Å². The number of aliphatic hydroxyl groups excluding tert-OH is 1. The van der Waals surface area contributed by atoms with Crippen molar-refractivity contribution >= 4 is 15.9 Å². The quantitative estimate of drug-likeness (QED) is 0.945. The zero-order valence-corrected chi connectivity index (χ0v) is 10.8. The van der Waals surface area contributed by atoms with Crippen LogP contribution in [0.25, 0.3) is 5.69 Å². The predicted octanol–water partition coefficient (Wildman–Crippen LogP) is 2.40. The Morgan fingerprint density at radius 3 is 2.88 bits per heavy atom. The van der Waals surface area contributed by atoms with Gasteiger partial charge in [0.2, 0.25) is 0 Å². The van der Waals surface area contributed by atoms with Crippen molar-refractivity contribution in [1.82, 2.24) is 15.0 Å². The lowest BCUT2D eigenvalue weighted by Crippen LogP contribution is -2.02. The zero-order valence-electron chi connectivity index (χ0n) is 9.17. The van der Waals surface area contributed by atoms with Gasteiger partial charge in [-0.15, -0.1) is 5.10 Å². The van der Waals surface area contributed by atoms with E-state index in [-0.39, 0.29) is 6.61 Å². The van der Waals surface area contributed by atoms with Gasteiger partial charge in [0.05, 0.1) is 18.0 Å². The molecular formula is C12H12BrN3O. The largest absolute Gasteiger partial charge is 0.390 e. The molecule has 1 aliphatic carbocycles. The van der Waals surface area contributed by atoms with E-state index in [2.05, 4.69) is 26.2 Å². The first kappa shape index (κ1) is 10.9. The minimum Gasteiger partial charge on any atom is -0.390 e. The van der Waals surface area contributed by atoms with Gasteiger partial charge in [-0.3, -0.25) is 0 Å². The number of rotatable bonds is 3. The smallest absolute Gasteiger partial charge is 0.112 e. The van der Waals surface area contributed by atoms with Gasteiger partial charge < -0.3 is 5.11 Å². The van der Waals surface area contributed by atoms with Crippen LogP contribution in [0.15, 0.2) is 28.7 Å². The molecule has 17 heavy (non-hydrogen) atoms. The molecule has 0 aliphatic heterocycles. The Kier molecular flexibility index (Phi) is 2.72. The molecule has 0 unspecified atom stereocenters. The van der Waals surface area contributed by atoms with Gasteiger partial charge in [-0.2, -0.15) is 0 Å². The lowest BCUT2D eigenvalue weighted by molar-refractivity contribution is 0.275. The third-order valence-corrected chi connectivity index (χ3v) is 3.44. The number of benzene rings is 1. The maximum absolute atomic E-state index is 9.28. The first-order valence-electron chi connectivity index (χ1n) is 5.61. The highest BCUT2D eigenvalue weighted by Gasteiger charge is 2.31. The molecule has 1 aromatic heterocycles. The second-order valence-corrected chi connectivity index (χ2v) is 5.16. The maximum Gasteiger partial charge on any atom is 0.112 e. The average molecular weight is 294 g/mol. The maximum atomic E-state index is 9.28. The van der Waals surface area contributed by atoms with E-state index < -0.39 is 0 Å².